The summed E-state index contributed by atoms with van der Waals surface area (Å²) in [4.78, 5) is 6.44. The van der Waals surface area contributed by atoms with Gasteiger partial charge in [0.25, 0.3) is 0 Å². The summed E-state index contributed by atoms with van der Waals surface area (Å²) in [6.07, 6.45) is 4.63. The molecule has 0 aliphatic carbocycles. The van der Waals surface area contributed by atoms with Crippen LogP contribution in [0.15, 0.2) is 42.7 Å². The standard InChI is InChI=1S/C19H24N2O3/c1-15(9-16-4-5-18-19(10-16)24-14-23-18)12-21(7-8-22)13-17-3-2-6-20-11-17/h2-6,10-11,15,22H,7-9,12-14H2,1H3/t15-/m0/s1. The largest absolute Gasteiger partial charge is 0.454 e. The fraction of sp³-hybridized carbons (Fsp3) is 0.421. The van der Waals surface area contributed by atoms with E-state index in [-0.39, 0.29) is 6.61 Å². The summed E-state index contributed by atoms with van der Waals surface area (Å²) in [5.41, 5.74) is 2.42. The van der Waals surface area contributed by atoms with E-state index in [9.17, 15) is 5.11 Å². The maximum Gasteiger partial charge on any atom is 0.231 e. The summed E-state index contributed by atoms with van der Waals surface area (Å²) in [5, 5.41) is 9.34. The van der Waals surface area contributed by atoms with Crippen LogP contribution in [0, 0.1) is 5.92 Å². The highest BCUT2D eigenvalue weighted by Crippen LogP contribution is 2.33. The fourth-order valence-corrected chi connectivity index (χ4v) is 3.10. The Morgan fingerprint density at radius 1 is 1.21 bits per heavy atom. The molecule has 5 heteroatoms. The molecule has 2 heterocycles. The predicted molar refractivity (Wildman–Crippen MR) is 92.0 cm³/mol. The monoisotopic (exact) mass is 328 g/mol. The molecular formula is C19H24N2O3. The van der Waals surface area contributed by atoms with Crippen molar-refractivity contribution in [2.45, 2.75) is 19.9 Å². The second-order valence-electron chi connectivity index (χ2n) is 6.32. The lowest BCUT2D eigenvalue weighted by Crippen LogP contribution is -2.31. The molecule has 0 bridgehead atoms. The average Bonchev–Trinajstić information content (AvgIpc) is 3.03. The van der Waals surface area contributed by atoms with Gasteiger partial charge in [0.15, 0.2) is 11.5 Å². The molecule has 1 aromatic carbocycles. The van der Waals surface area contributed by atoms with Gasteiger partial charge >= 0.3 is 0 Å². The molecule has 5 nitrogen and oxygen atoms in total. The molecule has 0 amide bonds. The van der Waals surface area contributed by atoms with Crippen molar-refractivity contribution in [3.63, 3.8) is 0 Å². The molecule has 24 heavy (non-hydrogen) atoms. The number of rotatable bonds is 8. The topological polar surface area (TPSA) is 54.8 Å². The van der Waals surface area contributed by atoms with Gasteiger partial charge in [0.2, 0.25) is 6.79 Å². The van der Waals surface area contributed by atoms with E-state index >= 15 is 0 Å². The second-order valence-corrected chi connectivity index (χ2v) is 6.32. The number of fused-ring (bicyclic) bond motifs is 1. The summed E-state index contributed by atoms with van der Waals surface area (Å²) in [7, 11) is 0. The van der Waals surface area contributed by atoms with Crippen molar-refractivity contribution in [1.29, 1.82) is 0 Å². The Balaban J connectivity index is 1.57. The number of aliphatic hydroxyl groups excluding tert-OH is 1. The van der Waals surface area contributed by atoms with E-state index in [1.54, 1.807) is 6.20 Å². The van der Waals surface area contributed by atoms with Gasteiger partial charge in [0.05, 0.1) is 6.61 Å². The Morgan fingerprint density at radius 2 is 2.08 bits per heavy atom. The summed E-state index contributed by atoms with van der Waals surface area (Å²) in [5.74, 6) is 2.13. The molecule has 0 spiro atoms. The minimum absolute atomic E-state index is 0.164. The molecular weight excluding hydrogens is 304 g/mol. The van der Waals surface area contributed by atoms with Crippen LogP contribution < -0.4 is 9.47 Å². The molecule has 0 unspecified atom stereocenters. The summed E-state index contributed by atoms with van der Waals surface area (Å²) < 4.78 is 10.8. The number of hydrogen-bond acceptors (Lipinski definition) is 5. The first-order valence-electron chi connectivity index (χ1n) is 8.35. The van der Waals surface area contributed by atoms with Crippen LogP contribution in [0.4, 0.5) is 0 Å². The third-order valence-electron chi connectivity index (χ3n) is 4.14. The number of ether oxygens (including phenoxy) is 2. The van der Waals surface area contributed by atoms with Crippen molar-refractivity contribution in [2.24, 2.45) is 5.92 Å². The predicted octanol–water partition coefficient (Wildman–Crippen LogP) is 2.48. The van der Waals surface area contributed by atoms with E-state index in [1.165, 1.54) is 11.1 Å². The maximum atomic E-state index is 9.34. The number of aliphatic hydroxyl groups is 1. The van der Waals surface area contributed by atoms with E-state index in [0.717, 1.165) is 31.0 Å². The zero-order valence-electron chi connectivity index (χ0n) is 14.0. The highest BCUT2D eigenvalue weighted by atomic mass is 16.7. The van der Waals surface area contributed by atoms with Gasteiger partial charge < -0.3 is 14.6 Å². The quantitative estimate of drug-likeness (QED) is 0.807. The van der Waals surface area contributed by atoms with Gasteiger partial charge in [-0.3, -0.25) is 9.88 Å². The summed E-state index contributed by atoms with van der Waals surface area (Å²) >= 11 is 0. The molecule has 1 N–H and O–H groups in total. The Morgan fingerprint density at radius 3 is 2.88 bits per heavy atom. The van der Waals surface area contributed by atoms with Crippen molar-refractivity contribution in [3.8, 4) is 11.5 Å². The lowest BCUT2D eigenvalue weighted by molar-refractivity contribution is 0.172. The Kier molecular flexibility index (Phi) is 5.67. The molecule has 0 fully saturated rings. The normalized spacial score (nSPS) is 14.1. The first-order chi connectivity index (χ1) is 11.7. The van der Waals surface area contributed by atoms with Crippen LogP contribution in [0.5, 0.6) is 11.5 Å². The molecule has 1 aliphatic rings. The molecule has 1 aliphatic heterocycles. The molecule has 2 aromatic rings. The zero-order chi connectivity index (χ0) is 16.8. The van der Waals surface area contributed by atoms with E-state index in [0.29, 0.717) is 19.3 Å². The van der Waals surface area contributed by atoms with E-state index in [1.807, 2.05) is 18.3 Å². The molecule has 0 saturated carbocycles. The molecule has 128 valence electrons. The lowest BCUT2D eigenvalue weighted by Gasteiger charge is -2.25. The number of aromatic nitrogens is 1. The summed E-state index contributed by atoms with van der Waals surface area (Å²) in [6.45, 7) is 5.10. The van der Waals surface area contributed by atoms with Crippen LogP contribution in [-0.4, -0.2) is 41.5 Å². The van der Waals surface area contributed by atoms with Gasteiger partial charge in [-0.2, -0.15) is 0 Å². The average molecular weight is 328 g/mol. The van der Waals surface area contributed by atoms with Crippen molar-refractivity contribution >= 4 is 0 Å². The number of benzene rings is 1. The minimum Gasteiger partial charge on any atom is -0.454 e. The van der Waals surface area contributed by atoms with Crippen LogP contribution in [0.3, 0.4) is 0 Å². The molecule has 1 aromatic heterocycles. The molecule has 0 saturated heterocycles. The van der Waals surface area contributed by atoms with Crippen molar-refractivity contribution < 1.29 is 14.6 Å². The van der Waals surface area contributed by atoms with Gasteiger partial charge in [-0.15, -0.1) is 0 Å². The van der Waals surface area contributed by atoms with Gasteiger partial charge in [-0.25, -0.2) is 0 Å². The van der Waals surface area contributed by atoms with Crippen LogP contribution in [0.1, 0.15) is 18.1 Å². The number of nitrogens with zero attached hydrogens (tertiary/aromatic N) is 2. The van der Waals surface area contributed by atoms with Crippen LogP contribution in [-0.2, 0) is 13.0 Å². The van der Waals surface area contributed by atoms with Crippen LogP contribution in [0.2, 0.25) is 0 Å². The van der Waals surface area contributed by atoms with Gasteiger partial charge in [0.1, 0.15) is 0 Å². The first-order valence-corrected chi connectivity index (χ1v) is 8.35. The second kappa shape index (κ2) is 8.13. The zero-order valence-corrected chi connectivity index (χ0v) is 14.0. The summed E-state index contributed by atoms with van der Waals surface area (Å²) in [6, 6.07) is 10.2. The molecule has 3 rings (SSSR count). The van der Waals surface area contributed by atoms with Crippen LogP contribution in [0.25, 0.3) is 0 Å². The number of pyridine rings is 1. The van der Waals surface area contributed by atoms with Gasteiger partial charge in [-0.1, -0.05) is 19.1 Å². The fourth-order valence-electron chi connectivity index (χ4n) is 3.10. The molecule has 1 atom stereocenters. The van der Waals surface area contributed by atoms with Crippen LogP contribution >= 0.6 is 0 Å². The van der Waals surface area contributed by atoms with Crippen molar-refractivity contribution in [2.75, 3.05) is 26.5 Å². The van der Waals surface area contributed by atoms with Crippen molar-refractivity contribution in [3.05, 3.63) is 53.9 Å². The smallest absolute Gasteiger partial charge is 0.231 e. The molecule has 0 radical (unpaired) electrons. The third kappa shape index (κ3) is 4.46. The van der Waals surface area contributed by atoms with Gasteiger partial charge in [0, 0.05) is 32.0 Å². The minimum atomic E-state index is 0.164. The third-order valence-corrected chi connectivity index (χ3v) is 4.14. The Labute approximate surface area is 142 Å². The highest BCUT2D eigenvalue weighted by Gasteiger charge is 2.16. The van der Waals surface area contributed by atoms with E-state index < -0.39 is 0 Å². The first kappa shape index (κ1) is 16.7. The Bertz CT molecular complexity index is 648. The SMILES string of the molecule is C[C@@H](Cc1ccc2c(c1)OCO2)CN(CCO)Cc1cccnc1. The highest BCUT2D eigenvalue weighted by molar-refractivity contribution is 5.44. The Hall–Kier alpha value is -2.11. The van der Waals surface area contributed by atoms with Crippen molar-refractivity contribution in [1.82, 2.24) is 9.88 Å². The lowest BCUT2D eigenvalue weighted by atomic mass is 10.00. The van der Waals surface area contributed by atoms with E-state index in [4.69, 9.17) is 9.47 Å². The number of hydrogen-bond donors (Lipinski definition) is 1. The van der Waals surface area contributed by atoms with Gasteiger partial charge in [-0.05, 0) is 41.7 Å². The maximum absolute atomic E-state index is 9.34. The van der Waals surface area contributed by atoms with E-state index in [2.05, 4.69) is 35.0 Å².